The van der Waals surface area contributed by atoms with Gasteiger partial charge in [-0.25, -0.2) is 0 Å². The molecule has 0 aliphatic carbocycles. The monoisotopic (exact) mass is 540 g/mol. The van der Waals surface area contributed by atoms with Crippen molar-refractivity contribution in [2.75, 3.05) is 19.5 Å². The number of amides is 1. The Bertz CT molecular complexity index is 1270. The summed E-state index contributed by atoms with van der Waals surface area (Å²) in [5.41, 5.74) is 2.95. The molecule has 0 aromatic heterocycles. The molecule has 0 aliphatic rings. The fourth-order valence-electron chi connectivity index (χ4n) is 3.06. The Balaban J connectivity index is 1.87. The van der Waals surface area contributed by atoms with Gasteiger partial charge in [-0.15, -0.1) is 0 Å². The molecule has 3 aromatic carbocycles. The molecular weight excluding hydrogens is 520 g/mol. The maximum Gasteiger partial charge on any atom is 0.266 e. The van der Waals surface area contributed by atoms with Crippen LogP contribution < -0.4 is 19.5 Å². The van der Waals surface area contributed by atoms with E-state index in [0.717, 1.165) is 15.6 Å². The first-order valence-electron chi connectivity index (χ1n) is 10.2. The van der Waals surface area contributed by atoms with Crippen molar-refractivity contribution in [3.05, 3.63) is 86.4 Å². The lowest BCUT2D eigenvalue weighted by Gasteiger charge is -2.13. The van der Waals surface area contributed by atoms with Crippen LogP contribution >= 0.6 is 27.5 Å². The summed E-state index contributed by atoms with van der Waals surface area (Å²) in [7, 11) is 2.92. The van der Waals surface area contributed by atoms with E-state index in [4.69, 9.17) is 25.8 Å². The molecule has 174 valence electrons. The molecule has 0 fully saturated rings. The van der Waals surface area contributed by atoms with Gasteiger partial charge < -0.3 is 19.5 Å². The second kappa shape index (κ2) is 11.6. The maximum atomic E-state index is 12.9. The minimum atomic E-state index is -0.616. The first-order valence-corrected chi connectivity index (χ1v) is 11.3. The SMILES string of the molecule is COc1cc(NC(=O)/C(C#N)=C/c2cc(Br)ccc2OCc2ccc(C)cc2)c(OC)cc1Cl. The van der Waals surface area contributed by atoms with Crippen molar-refractivity contribution in [3.8, 4) is 23.3 Å². The van der Waals surface area contributed by atoms with Crippen LogP contribution in [-0.2, 0) is 11.4 Å². The van der Waals surface area contributed by atoms with Crippen LogP contribution in [0.15, 0.2) is 64.6 Å². The Labute approximate surface area is 211 Å². The molecule has 0 atom stereocenters. The highest BCUT2D eigenvalue weighted by Crippen LogP contribution is 2.36. The van der Waals surface area contributed by atoms with Crippen molar-refractivity contribution in [1.29, 1.82) is 5.26 Å². The van der Waals surface area contributed by atoms with E-state index in [1.165, 1.54) is 32.4 Å². The van der Waals surface area contributed by atoms with E-state index >= 15 is 0 Å². The molecule has 8 heteroatoms. The highest BCUT2D eigenvalue weighted by atomic mass is 79.9. The highest BCUT2D eigenvalue weighted by Gasteiger charge is 2.16. The van der Waals surface area contributed by atoms with Crippen molar-refractivity contribution >= 4 is 45.2 Å². The lowest BCUT2D eigenvalue weighted by molar-refractivity contribution is -0.112. The Kier molecular flexibility index (Phi) is 8.58. The van der Waals surface area contributed by atoms with E-state index in [9.17, 15) is 10.1 Å². The normalized spacial score (nSPS) is 10.9. The quantitative estimate of drug-likeness (QED) is 0.258. The van der Waals surface area contributed by atoms with E-state index in [-0.39, 0.29) is 5.57 Å². The number of benzene rings is 3. The number of anilines is 1. The van der Waals surface area contributed by atoms with Crippen LogP contribution in [0, 0.1) is 18.3 Å². The van der Waals surface area contributed by atoms with Crippen molar-refractivity contribution in [3.63, 3.8) is 0 Å². The highest BCUT2D eigenvalue weighted by molar-refractivity contribution is 9.10. The first-order chi connectivity index (χ1) is 16.3. The minimum Gasteiger partial charge on any atom is -0.495 e. The fourth-order valence-corrected chi connectivity index (χ4v) is 3.67. The summed E-state index contributed by atoms with van der Waals surface area (Å²) >= 11 is 9.56. The molecule has 0 saturated carbocycles. The zero-order valence-corrected chi connectivity index (χ0v) is 21.2. The second-order valence-electron chi connectivity index (χ2n) is 7.27. The molecule has 1 amide bonds. The standard InChI is InChI=1S/C26H22BrClN2O4/c1-16-4-6-17(7-5-16)15-34-23-9-8-20(27)11-18(23)10-19(14-29)26(31)30-22-13-24(32-2)21(28)12-25(22)33-3/h4-13H,15H2,1-3H3,(H,30,31)/b19-10+. The van der Waals surface area contributed by atoms with Gasteiger partial charge in [0.1, 0.15) is 35.5 Å². The Morgan fingerprint density at radius 2 is 1.76 bits per heavy atom. The van der Waals surface area contributed by atoms with Gasteiger partial charge >= 0.3 is 0 Å². The molecule has 0 unspecified atom stereocenters. The molecule has 0 radical (unpaired) electrons. The molecule has 0 bridgehead atoms. The summed E-state index contributed by atoms with van der Waals surface area (Å²) in [4.78, 5) is 12.9. The molecule has 0 heterocycles. The third-order valence-electron chi connectivity index (χ3n) is 4.87. The van der Waals surface area contributed by atoms with Crippen molar-refractivity contribution in [1.82, 2.24) is 0 Å². The van der Waals surface area contributed by atoms with Gasteiger partial charge in [0, 0.05) is 22.2 Å². The number of carbonyl (C=O) groups is 1. The summed E-state index contributed by atoms with van der Waals surface area (Å²) in [6.45, 7) is 2.37. The maximum absolute atomic E-state index is 12.9. The lowest BCUT2D eigenvalue weighted by Crippen LogP contribution is -2.14. The number of nitrogens with one attached hydrogen (secondary N) is 1. The molecule has 3 rings (SSSR count). The molecular formula is C26H22BrClN2O4. The minimum absolute atomic E-state index is 0.116. The van der Waals surface area contributed by atoms with E-state index in [2.05, 4.69) is 21.2 Å². The zero-order valence-electron chi connectivity index (χ0n) is 18.8. The van der Waals surface area contributed by atoms with Gasteiger partial charge in [0.05, 0.1) is 24.9 Å². The molecule has 0 aliphatic heterocycles. The van der Waals surface area contributed by atoms with Gasteiger partial charge in [-0.3, -0.25) is 4.79 Å². The van der Waals surface area contributed by atoms with E-state index in [0.29, 0.717) is 40.1 Å². The average molecular weight is 542 g/mol. The number of aryl methyl sites for hydroxylation is 1. The number of hydrogen-bond donors (Lipinski definition) is 1. The fraction of sp³-hybridized carbons (Fsp3) is 0.154. The van der Waals surface area contributed by atoms with Crippen molar-refractivity contribution in [2.45, 2.75) is 13.5 Å². The van der Waals surface area contributed by atoms with Crippen LogP contribution in [0.25, 0.3) is 6.08 Å². The number of halogens is 2. The number of methoxy groups -OCH3 is 2. The largest absolute Gasteiger partial charge is 0.495 e. The summed E-state index contributed by atoms with van der Waals surface area (Å²) in [6.07, 6.45) is 1.48. The van der Waals surface area contributed by atoms with Crippen molar-refractivity contribution < 1.29 is 19.0 Å². The number of hydrogen-bond acceptors (Lipinski definition) is 5. The number of carbonyl (C=O) groups excluding carboxylic acids is 1. The van der Waals surface area contributed by atoms with Gasteiger partial charge in [-0.2, -0.15) is 5.26 Å². The summed E-state index contributed by atoms with van der Waals surface area (Å²) in [5.74, 6) is 0.616. The molecule has 6 nitrogen and oxygen atoms in total. The van der Waals surface area contributed by atoms with Crippen molar-refractivity contribution in [2.24, 2.45) is 0 Å². The van der Waals surface area contributed by atoms with E-state index in [1.807, 2.05) is 43.3 Å². The third-order valence-corrected chi connectivity index (χ3v) is 5.66. The van der Waals surface area contributed by atoms with E-state index < -0.39 is 5.91 Å². The zero-order chi connectivity index (χ0) is 24.7. The van der Waals surface area contributed by atoms with Crippen LogP contribution in [0.5, 0.6) is 17.2 Å². The summed E-state index contributed by atoms with van der Waals surface area (Å²) in [6, 6.07) is 18.4. The van der Waals surface area contributed by atoms with Crippen LogP contribution in [-0.4, -0.2) is 20.1 Å². The van der Waals surface area contributed by atoms with Crippen LogP contribution in [0.3, 0.4) is 0 Å². The van der Waals surface area contributed by atoms with Gasteiger partial charge in [0.15, 0.2) is 0 Å². The van der Waals surface area contributed by atoms with E-state index in [1.54, 1.807) is 12.1 Å². The van der Waals surface area contributed by atoms with Gasteiger partial charge in [-0.1, -0.05) is 57.4 Å². The molecule has 0 saturated heterocycles. The Hall–Kier alpha value is -3.47. The third kappa shape index (κ3) is 6.31. The molecule has 0 spiro atoms. The Morgan fingerprint density at radius 3 is 2.41 bits per heavy atom. The van der Waals surface area contributed by atoms with Gasteiger partial charge in [0.25, 0.3) is 5.91 Å². The predicted octanol–water partition coefficient (Wildman–Crippen LogP) is 6.55. The smallest absolute Gasteiger partial charge is 0.266 e. The number of ether oxygens (including phenoxy) is 3. The van der Waals surface area contributed by atoms with Crippen LogP contribution in [0.4, 0.5) is 5.69 Å². The Morgan fingerprint density at radius 1 is 1.06 bits per heavy atom. The summed E-state index contributed by atoms with van der Waals surface area (Å²) in [5, 5.41) is 12.7. The molecule has 34 heavy (non-hydrogen) atoms. The first kappa shape index (κ1) is 25.2. The van der Waals surface area contributed by atoms with Gasteiger partial charge in [0.2, 0.25) is 0 Å². The molecule has 1 N–H and O–H groups in total. The number of rotatable bonds is 8. The topological polar surface area (TPSA) is 80.6 Å². The van der Waals surface area contributed by atoms with Crippen LogP contribution in [0.1, 0.15) is 16.7 Å². The summed E-state index contributed by atoms with van der Waals surface area (Å²) < 4.78 is 17.3. The lowest BCUT2D eigenvalue weighted by atomic mass is 10.1. The van der Waals surface area contributed by atoms with Crippen LogP contribution in [0.2, 0.25) is 5.02 Å². The second-order valence-corrected chi connectivity index (χ2v) is 8.59. The van der Waals surface area contributed by atoms with Gasteiger partial charge in [-0.05, 0) is 36.8 Å². The predicted molar refractivity (Wildman–Crippen MR) is 136 cm³/mol. The number of nitrogens with zero attached hydrogens (tertiary/aromatic N) is 1. The average Bonchev–Trinajstić information content (AvgIpc) is 2.83. The number of nitriles is 1. The molecule has 3 aromatic rings.